The van der Waals surface area contributed by atoms with Crippen LogP contribution in [0.3, 0.4) is 0 Å². The molecule has 1 atom stereocenters. The third kappa shape index (κ3) is 5.46. The molecule has 0 amide bonds. The smallest absolute Gasteiger partial charge is 0.229 e. The summed E-state index contributed by atoms with van der Waals surface area (Å²) >= 11 is 0. The van der Waals surface area contributed by atoms with Crippen LogP contribution in [-0.4, -0.2) is 69.0 Å². The summed E-state index contributed by atoms with van der Waals surface area (Å²) in [5.41, 5.74) is 0.845. The molecule has 0 radical (unpaired) electrons. The second-order valence-corrected chi connectivity index (χ2v) is 6.77. The molecule has 152 valence electrons. The first-order valence-corrected chi connectivity index (χ1v) is 9.51. The molecular weight excluding hydrogens is 358 g/mol. The molecule has 1 aliphatic heterocycles. The van der Waals surface area contributed by atoms with E-state index in [0.29, 0.717) is 30.0 Å². The average Bonchev–Trinajstić information content (AvgIpc) is 3.19. The van der Waals surface area contributed by atoms with Crippen molar-refractivity contribution in [2.24, 2.45) is 5.92 Å². The topological polar surface area (TPSA) is 80.8 Å². The molecule has 2 N–H and O–H groups in total. The van der Waals surface area contributed by atoms with E-state index in [0.717, 1.165) is 44.2 Å². The van der Waals surface area contributed by atoms with Gasteiger partial charge in [-0.2, -0.15) is 4.98 Å². The Morgan fingerprint density at radius 2 is 2.11 bits per heavy atom. The Bertz CT molecular complexity index is 758. The number of ether oxygens (including phenoxy) is 3. The van der Waals surface area contributed by atoms with Crippen LogP contribution in [0.15, 0.2) is 30.5 Å². The highest BCUT2D eigenvalue weighted by Gasteiger charge is 2.23. The van der Waals surface area contributed by atoms with Gasteiger partial charge in [0, 0.05) is 51.1 Å². The van der Waals surface area contributed by atoms with Gasteiger partial charge in [0.2, 0.25) is 5.95 Å². The van der Waals surface area contributed by atoms with Gasteiger partial charge in [0.25, 0.3) is 0 Å². The third-order valence-electron chi connectivity index (χ3n) is 4.79. The van der Waals surface area contributed by atoms with Gasteiger partial charge in [0.05, 0.1) is 20.3 Å². The van der Waals surface area contributed by atoms with Crippen molar-refractivity contribution in [1.29, 1.82) is 0 Å². The van der Waals surface area contributed by atoms with Crippen molar-refractivity contribution < 1.29 is 14.2 Å². The molecule has 0 spiro atoms. The number of anilines is 3. The lowest BCUT2D eigenvalue weighted by molar-refractivity contribution is 0.155. The number of benzene rings is 1. The van der Waals surface area contributed by atoms with E-state index in [2.05, 4.69) is 25.5 Å². The van der Waals surface area contributed by atoms with Crippen LogP contribution in [0.1, 0.15) is 6.42 Å². The van der Waals surface area contributed by atoms with Crippen LogP contribution < -0.4 is 20.1 Å². The number of rotatable bonds is 10. The molecule has 1 fully saturated rings. The molecule has 0 bridgehead atoms. The Morgan fingerprint density at radius 1 is 1.21 bits per heavy atom. The van der Waals surface area contributed by atoms with E-state index >= 15 is 0 Å². The maximum atomic E-state index is 6.11. The molecule has 3 rings (SSSR count). The van der Waals surface area contributed by atoms with Crippen molar-refractivity contribution in [3.05, 3.63) is 30.5 Å². The van der Waals surface area contributed by atoms with E-state index in [9.17, 15) is 0 Å². The highest BCUT2D eigenvalue weighted by atomic mass is 16.5. The van der Waals surface area contributed by atoms with Crippen molar-refractivity contribution in [3.8, 4) is 11.5 Å². The minimum atomic E-state index is 0.508. The van der Waals surface area contributed by atoms with Crippen LogP contribution in [0.5, 0.6) is 11.5 Å². The summed E-state index contributed by atoms with van der Waals surface area (Å²) < 4.78 is 16.7. The van der Waals surface area contributed by atoms with Crippen LogP contribution >= 0.6 is 0 Å². The first kappa shape index (κ1) is 20.2. The highest BCUT2D eigenvalue weighted by Crippen LogP contribution is 2.32. The number of nitrogens with zero attached hydrogens (tertiary/aromatic N) is 3. The number of likely N-dealkylation sites (tertiary alicyclic amines) is 1. The minimum absolute atomic E-state index is 0.508. The van der Waals surface area contributed by atoms with Crippen molar-refractivity contribution in [1.82, 2.24) is 14.9 Å². The first-order chi connectivity index (χ1) is 13.7. The predicted molar refractivity (Wildman–Crippen MR) is 110 cm³/mol. The molecule has 2 aromatic rings. The van der Waals surface area contributed by atoms with Crippen LogP contribution in [0.4, 0.5) is 17.5 Å². The second-order valence-electron chi connectivity index (χ2n) is 6.77. The van der Waals surface area contributed by atoms with Crippen LogP contribution in [0.25, 0.3) is 0 Å². The first-order valence-electron chi connectivity index (χ1n) is 9.51. The Hall–Kier alpha value is -2.58. The van der Waals surface area contributed by atoms with Gasteiger partial charge in [-0.05, 0) is 31.2 Å². The standard InChI is InChI=1S/C20H29N5O3/c1-21-19-6-8-22-20(24-19)23-16-4-5-17(27-3)18(12-16)28-14-15-7-9-25(13-15)10-11-26-2/h4-6,8,12,15H,7,9-11,13-14H2,1-3H3,(H2,21,22,23,24). The van der Waals surface area contributed by atoms with E-state index in [1.165, 1.54) is 0 Å². The van der Waals surface area contributed by atoms with Gasteiger partial charge in [0.15, 0.2) is 11.5 Å². The number of methoxy groups -OCH3 is 2. The molecule has 1 aromatic carbocycles. The number of hydrogen-bond acceptors (Lipinski definition) is 8. The third-order valence-corrected chi connectivity index (χ3v) is 4.79. The lowest BCUT2D eigenvalue weighted by Gasteiger charge is -2.17. The minimum Gasteiger partial charge on any atom is -0.493 e. The van der Waals surface area contributed by atoms with E-state index in [4.69, 9.17) is 14.2 Å². The fourth-order valence-electron chi connectivity index (χ4n) is 3.23. The normalized spacial score (nSPS) is 16.8. The van der Waals surface area contributed by atoms with Gasteiger partial charge in [-0.3, -0.25) is 0 Å². The number of aromatic nitrogens is 2. The zero-order valence-electron chi connectivity index (χ0n) is 16.8. The summed E-state index contributed by atoms with van der Waals surface area (Å²) in [6.07, 6.45) is 2.84. The zero-order valence-corrected chi connectivity index (χ0v) is 16.8. The van der Waals surface area contributed by atoms with Gasteiger partial charge in [-0.1, -0.05) is 0 Å². The quantitative estimate of drug-likeness (QED) is 0.644. The van der Waals surface area contributed by atoms with E-state index in [-0.39, 0.29) is 0 Å². The molecule has 28 heavy (non-hydrogen) atoms. The molecular formula is C20H29N5O3. The van der Waals surface area contributed by atoms with E-state index in [1.807, 2.05) is 31.3 Å². The summed E-state index contributed by atoms with van der Waals surface area (Å²) in [5.74, 6) is 3.21. The van der Waals surface area contributed by atoms with Gasteiger partial charge in [-0.25, -0.2) is 4.98 Å². The molecule has 2 heterocycles. The van der Waals surface area contributed by atoms with Crippen molar-refractivity contribution in [3.63, 3.8) is 0 Å². The SMILES string of the molecule is CNc1ccnc(Nc2ccc(OC)c(OCC3CCN(CCOC)C3)c2)n1. The van der Waals surface area contributed by atoms with Crippen molar-refractivity contribution in [2.75, 3.05) is 64.7 Å². The second kappa shape index (κ2) is 10.1. The molecule has 1 aromatic heterocycles. The monoisotopic (exact) mass is 387 g/mol. The largest absolute Gasteiger partial charge is 0.493 e. The van der Waals surface area contributed by atoms with Gasteiger partial charge in [0.1, 0.15) is 5.82 Å². The summed E-state index contributed by atoms with van der Waals surface area (Å²) in [5, 5.41) is 6.21. The van der Waals surface area contributed by atoms with Gasteiger partial charge < -0.3 is 29.7 Å². The highest BCUT2D eigenvalue weighted by molar-refractivity contribution is 5.60. The van der Waals surface area contributed by atoms with Crippen LogP contribution in [0, 0.1) is 5.92 Å². The summed E-state index contributed by atoms with van der Waals surface area (Å²) in [6, 6.07) is 7.54. The summed E-state index contributed by atoms with van der Waals surface area (Å²) in [7, 11) is 5.21. The molecule has 1 unspecified atom stereocenters. The molecule has 1 saturated heterocycles. The molecule has 0 saturated carbocycles. The predicted octanol–water partition coefficient (Wildman–Crippen LogP) is 2.62. The average molecular weight is 387 g/mol. The lowest BCUT2D eigenvalue weighted by atomic mass is 10.1. The molecule has 8 heteroatoms. The molecule has 1 aliphatic rings. The lowest BCUT2D eigenvalue weighted by Crippen LogP contribution is -2.26. The molecule has 0 aliphatic carbocycles. The van der Waals surface area contributed by atoms with E-state index < -0.39 is 0 Å². The van der Waals surface area contributed by atoms with E-state index in [1.54, 1.807) is 20.4 Å². The number of nitrogens with one attached hydrogen (secondary N) is 2. The fraction of sp³-hybridized carbons (Fsp3) is 0.500. The molecule has 8 nitrogen and oxygen atoms in total. The maximum Gasteiger partial charge on any atom is 0.229 e. The number of hydrogen-bond donors (Lipinski definition) is 2. The summed E-state index contributed by atoms with van der Waals surface area (Å²) in [4.78, 5) is 11.0. The van der Waals surface area contributed by atoms with Crippen molar-refractivity contribution in [2.45, 2.75) is 6.42 Å². The van der Waals surface area contributed by atoms with Gasteiger partial charge in [-0.15, -0.1) is 0 Å². The van der Waals surface area contributed by atoms with Crippen molar-refractivity contribution >= 4 is 17.5 Å². The Balaban J connectivity index is 1.61. The van der Waals surface area contributed by atoms with Gasteiger partial charge >= 0.3 is 0 Å². The Morgan fingerprint density at radius 3 is 2.89 bits per heavy atom. The maximum absolute atomic E-state index is 6.11. The fourth-order valence-corrected chi connectivity index (χ4v) is 3.23. The van der Waals surface area contributed by atoms with Crippen LogP contribution in [-0.2, 0) is 4.74 Å². The Kier molecular flexibility index (Phi) is 7.27. The zero-order chi connectivity index (χ0) is 19.8. The summed E-state index contributed by atoms with van der Waals surface area (Å²) in [6.45, 7) is 4.53. The van der Waals surface area contributed by atoms with Crippen LogP contribution in [0.2, 0.25) is 0 Å². The Labute approximate surface area is 166 Å².